The van der Waals surface area contributed by atoms with Crippen LogP contribution in [0.5, 0.6) is 0 Å². The van der Waals surface area contributed by atoms with Gasteiger partial charge in [-0.15, -0.1) is 0 Å². The van der Waals surface area contributed by atoms with Gasteiger partial charge in [0.25, 0.3) is 0 Å². The molecule has 0 saturated carbocycles. The van der Waals surface area contributed by atoms with E-state index in [4.69, 9.17) is 0 Å². The average Bonchev–Trinajstić information content (AvgIpc) is 2.96. The molecule has 21 heavy (non-hydrogen) atoms. The summed E-state index contributed by atoms with van der Waals surface area (Å²) in [6, 6.07) is 5.72. The number of carbonyl (C=O) groups is 3. The van der Waals surface area contributed by atoms with Crippen LogP contribution in [0, 0.1) is 5.41 Å². The first kappa shape index (κ1) is 14.0. The summed E-state index contributed by atoms with van der Waals surface area (Å²) >= 11 is 0. The molecule has 1 aliphatic heterocycles. The van der Waals surface area contributed by atoms with Crippen LogP contribution >= 0.6 is 0 Å². The van der Waals surface area contributed by atoms with Crippen molar-refractivity contribution < 1.29 is 14.4 Å². The van der Waals surface area contributed by atoms with Gasteiger partial charge < -0.3 is 0 Å². The monoisotopic (exact) mass is 285 g/mol. The summed E-state index contributed by atoms with van der Waals surface area (Å²) in [5.41, 5.74) is 2.44. The summed E-state index contributed by atoms with van der Waals surface area (Å²) in [5, 5.41) is 0. The molecule has 0 atom stereocenters. The number of imide groups is 1. The highest BCUT2D eigenvalue weighted by atomic mass is 16.2. The number of likely N-dealkylation sites (tertiary alicyclic amines) is 1. The van der Waals surface area contributed by atoms with E-state index in [2.05, 4.69) is 0 Å². The minimum Gasteiger partial charge on any atom is -0.292 e. The molecule has 4 heteroatoms. The Balaban J connectivity index is 1.78. The van der Waals surface area contributed by atoms with Crippen molar-refractivity contribution in [3.63, 3.8) is 0 Å². The Kier molecular flexibility index (Phi) is 3.19. The maximum Gasteiger partial charge on any atom is 0.235 e. The van der Waals surface area contributed by atoms with Crippen LogP contribution in [0.2, 0.25) is 0 Å². The number of ketones is 1. The maximum absolute atomic E-state index is 12.4. The first-order valence-electron chi connectivity index (χ1n) is 7.38. The zero-order chi connectivity index (χ0) is 15.2. The predicted octanol–water partition coefficient (Wildman–Crippen LogP) is 2.14. The van der Waals surface area contributed by atoms with Crippen molar-refractivity contribution in [2.24, 2.45) is 5.41 Å². The Morgan fingerprint density at radius 1 is 1.19 bits per heavy atom. The van der Waals surface area contributed by atoms with Gasteiger partial charge in [0.2, 0.25) is 11.8 Å². The highest BCUT2D eigenvalue weighted by Gasteiger charge is 2.45. The van der Waals surface area contributed by atoms with Crippen LogP contribution in [0.4, 0.5) is 0 Å². The number of hydrogen-bond donors (Lipinski definition) is 0. The zero-order valence-electron chi connectivity index (χ0n) is 12.4. The molecule has 0 bridgehead atoms. The largest absolute Gasteiger partial charge is 0.292 e. The summed E-state index contributed by atoms with van der Waals surface area (Å²) in [5.74, 6) is -0.661. The van der Waals surface area contributed by atoms with E-state index in [1.165, 1.54) is 11.1 Å². The standard InChI is InChI=1S/C17H19NO3/c1-17(2)9-15(20)18(16(17)21)10-14(19)13-7-6-11-4-3-5-12(11)8-13/h6-8H,3-5,9-10H2,1-2H3. The summed E-state index contributed by atoms with van der Waals surface area (Å²) in [4.78, 5) is 37.5. The molecule has 0 radical (unpaired) electrons. The smallest absolute Gasteiger partial charge is 0.235 e. The molecule has 1 aromatic carbocycles. The van der Waals surface area contributed by atoms with E-state index < -0.39 is 5.41 Å². The van der Waals surface area contributed by atoms with Gasteiger partial charge in [-0.1, -0.05) is 26.0 Å². The third-order valence-electron chi connectivity index (χ3n) is 4.44. The highest BCUT2D eigenvalue weighted by Crippen LogP contribution is 2.31. The molecule has 2 amide bonds. The van der Waals surface area contributed by atoms with E-state index in [0.717, 1.165) is 24.2 Å². The number of hydrogen-bond acceptors (Lipinski definition) is 3. The topological polar surface area (TPSA) is 54.5 Å². The van der Waals surface area contributed by atoms with Crippen molar-refractivity contribution >= 4 is 17.6 Å². The summed E-state index contributed by atoms with van der Waals surface area (Å²) in [6.07, 6.45) is 3.39. The van der Waals surface area contributed by atoms with E-state index in [9.17, 15) is 14.4 Å². The predicted molar refractivity (Wildman–Crippen MR) is 77.9 cm³/mol. The Morgan fingerprint density at radius 3 is 2.57 bits per heavy atom. The number of rotatable bonds is 3. The molecule has 0 unspecified atom stereocenters. The molecule has 1 fully saturated rings. The number of fused-ring (bicyclic) bond motifs is 1. The van der Waals surface area contributed by atoms with E-state index in [-0.39, 0.29) is 30.6 Å². The first-order valence-corrected chi connectivity index (χ1v) is 7.38. The molecule has 1 heterocycles. The Bertz CT molecular complexity index is 645. The number of benzene rings is 1. The molecule has 1 aliphatic carbocycles. The summed E-state index contributed by atoms with van der Waals surface area (Å²) in [6.45, 7) is 3.35. The molecular formula is C17H19NO3. The average molecular weight is 285 g/mol. The van der Waals surface area contributed by atoms with Gasteiger partial charge in [-0.3, -0.25) is 19.3 Å². The number of Topliss-reactive ketones (excluding diaryl/α,β-unsaturated/α-hetero) is 1. The van der Waals surface area contributed by atoms with Crippen LogP contribution in [0.3, 0.4) is 0 Å². The third kappa shape index (κ3) is 2.39. The van der Waals surface area contributed by atoms with Crippen LogP contribution in [0.1, 0.15) is 48.2 Å². The van der Waals surface area contributed by atoms with Crippen molar-refractivity contribution in [2.45, 2.75) is 39.5 Å². The number of aryl methyl sites for hydroxylation is 2. The number of amides is 2. The fraction of sp³-hybridized carbons (Fsp3) is 0.471. The lowest BCUT2D eigenvalue weighted by Gasteiger charge is -2.17. The molecule has 110 valence electrons. The SMILES string of the molecule is CC1(C)CC(=O)N(CC(=O)c2ccc3c(c2)CCC3)C1=O. The molecule has 0 aromatic heterocycles. The fourth-order valence-corrected chi connectivity index (χ4v) is 3.17. The second-order valence-corrected chi connectivity index (χ2v) is 6.61. The van der Waals surface area contributed by atoms with Crippen molar-refractivity contribution in [1.29, 1.82) is 0 Å². The van der Waals surface area contributed by atoms with Crippen LogP contribution in [-0.2, 0) is 22.4 Å². The van der Waals surface area contributed by atoms with Crippen molar-refractivity contribution in [3.05, 3.63) is 34.9 Å². The van der Waals surface area contributed by atoms with Crippen molar-refractivity contribution in [1.82, 2.24) is 4.90 Å². The third-order valence-corrected chi connectivity index (χ3v) is 4.44. The summed E-state index contributed by atoms with van der Waals surface area (Å²) in [7, 11) is 0. The Hall–Kier alpha value is -1.97. The van der Waals surface area contributed by atoms with E-state index in [0.29, 0.717) is 5.56 Å². The van der Waals surface area contributed by atoms with Gasteiger partial charge >= 0.3 is 0 Å². The molecular weight excluding hydrogens is 266 g/mol. The maximum atomic E-state index is 12.4. The van der Waals surface area contributed by atoms with E-state index >= 15 is 0 Å². The molecule has 2 aliphatic rings. The lowest BCUT2D eigenvalue weighted by Crippen LogP contribution is -2.37. The van der Waals surface area contributed by atoms with Crippen LogP contribution in [-0.4, -0.2) is 29.0 Å². The van der Waals surface area contributed by atoms with E-state index in [1.807, 2.05) is 18.2 Å². The van der Waals surface area contributed by atoms with Gasteiger partial charge in [-0.25, -0.2) is 0 Å². The van der Waals surface area contributed by atoms with Gasteiger partial charge in [0.15, 0.2) is 5.78 Å². The second-order valence-electron chi connectivity index (χ2n) is 6.61. The van der Waals surface area contributed by atoms with Gasteiger partial charge in [0.05, 0.1) is 12.0 Å². The van der Waals surface area contributed by atoms with Gasteiger partial charge in [-0.2, -0.15) is 0 Å². The lowest BCUT2D eigenvalue weighted by atomic mass is 9.92. The molecule has 1 aromatic rings. The molecule has 1 saturated heterocycles. The van der Waals surface area contributed by atoms with Crippen molar-refractivity contribution in [2.75, 3.05) is 6.54 Å². The van der Waals surface area contributed by atoms with Crippen molar-refractivity contribution in [3.8, 4) is 0 Å². The molecule has 0 spiro atoms. The molecule has 0 N–H and O–H groups in total. The molecule has 4 nitrogen and oxygen atoms in total. The van der Waals surface area contributed by atoms with Crippen LogP contribution in [0.15, 0.2) is 18.2 Å². The fourth-order valence-electron chi connectivity index (χ4n) is 3.17. The van der Waals surface area contributed by atoms with Crippen LogP contribution in [0.25, 0.3) is 0 Å². The zero-order valence-corrected chi connectivity index (χ0v) is 12.4. The minimum atomic E-state index is -0.685. The lowest BCUT2D eigenvalue weighted by molar-refractivity contribution is -0.140. The van der Waals surface area contributed by atoms with Gasteiger partial charge in [0, 0.05) is 12.0 Å². The normalized spacial score (nSPS) is 20.0. The van der Waals surface area contributed by atoms with Gasteiger partial charge in [-0.05, 0) is 36.5 Å². The van der Waals surface area contributed by atoms with E-state index in [1.54, 1.807) is 13.8 Å². The minimum absolute atomic E-state index is 0.139. The Morgan fingerprint density at radius 2 is 1.90 bits per heavy atom. The number of carbonyl (C=O) groups excluding carboxylic acids is 3. The van der Waals surface area contributed by atoms with Gasteiger partial charge in [0.1, 0.15) is 0 Å². The summed E-state index contributed by atoms with van der Waals surface area (Å²) < 4.78 is 0. The molecule has 3 rings (SSSR count). The second kappa shape index (κ2) is 4.79. The quantitative estimate of drug-likeness (QED) is 0.631. The Labute approximate surface area is 124 Å². The first-order chi connectivity index (χ1) is 9.88. The number of nitrogens with zero attached hydrogens (tertiary/aromatic N) is 1. The highest BCUT2D eigenvalue weighted by molar-refractivity contribution is 6.10. The van der Waals surface area contributed by atoms with Crippen LogP contribution < -0.4 is 0 Å².